The third-order valence-electron chi connectivity index (χ3n) is 0.922. The van der Waals surface area contributed by atoms with Gasteiger partial charge in [-0.15, -0.1) is 6.58 Å². The van der Waals surface area contributed by atoms with E-state index in [0.29, 0.717) is 0 Å². The summed E-state index contributed by atoms with van der Waals surface area (Å²) < 4.78 is 4.36. The van der Waals surface area contributed by atoms with E-state index in [-0.39, 0.29) is 18.1 Å². The van der Waals surface area contributed by atoms with Gasteiger partial charge in [0.15, 0.2) is 0 Å². The average Bonchev–Trinajstić information content (AvgIpc) is 2.48. The van der Waals surface area contributed by atoms with Crippen molar-refractivity contribution in [1.82, 2.24) is 0 Å². The molecule has 0 aromatic rings. The number of aliphatic hydroxyl groups is 2. The summed E-state index contributed by atoms with van der Waals surface area (Å²) in [6.45, 7) is 9.50. The van der Waals surface area contributed by atoms with Crippen LogP contribution in [0.5, 0.6) is 0 Å². The highest BCUT2D eigenvalue weighted by Crippen LogP contribution is 1.75. The van der Waals surface area contributed by atoms with Gasteiger partial charge in [0.25, 0.3) is 0 Å². The van der Waals surface area contributed by atoms with Crippen molar-refractivity contribution in [2.24, 2.45) is 0 Å². The number of aliphatic carboxylic acids is 2. The number of carbonyl (C=O) groups is 2. The lowest BCUT2D eigenvalue weighted by atomic mass is 10.4. The lowest BCUT2D eigenvalue weighted by Crippen LogP contribution is -2.05. The lowest BCUT2D eigenvalue weighted by Gasteiger charge is -1.93. The molecule has 0 fully saturated rings. The van der Waals surface area contributed by atoms with Gasteiger partial charge in [-0.3, -0.25) is 9.59 Å². The first-order chi connectivity index (χ1) is 9.76. The minimum absolute atomic E-state index is 0.0833. The fourth-order valence-electron chi connectivity index (χ4n) is 0.143. The number of hydrogen-bond acceptors (Lipinski definition) is 7. The Balaban J connectivity index is -0.0000000921. The van der Waals surface area contributed by atoms with Gasteiger partial charge < -0.3 is 25.2 Å². The molecule has 0 rings (SSSR count). The van der Waals surface area contributed by atoms with Crippen LogP contribution in [0.25, 0.3) is 0 Å². The number of hydrogen-bond donors (Lipinski definition) is 6. The van der Waals surface area contributed by atoms with Crippen LogP contribution in [0.1, 0.15) is 0 Å². The van der Waals surface area contributed by atoms with Crippen LogP contribution < -0.4 is 0 Å². The Labute approximate surface area is 135 Å². The van der Waals surface area contributed by atoms with Crippen LogP contribution >= 0.6 is 25.3 Å². The molecule has 0 saturated carbocycles. The molecule has 0 spiro atoms. The van der Waals surface area contributed by atoms with Gasteiger partial charge in [0.05, 0.1) is 36.7 Å². The molecule has 9 heteroatoms. The average molecular weight is 342 g/mol. The highest BCUT2D eigenvalue weighted by atomic mass is 32.1. The van der Waals surface area contributed by atoms with E-state index in [0.717, 1.165) is 0 Å². The normalized spacial score (nSPS) is 8.76. The molecule has 0 saturated heterocycles. The van der Waals surface area contributed by atoms with Gasteiger partial charge in [-0.2, -0.15) is 25.3 Å². The summed E-state index contributed by atoms with van der Waals surface area (Å²) in [5, 5.41) is 31.6. The molecular formula is C12H22O7S2. The van der Waals surface area contributed by atoms with E-state index >= 15 is 0 Å². The lowest BCUT2D eigenvalue weighted by molar-refractivity contribution is -0.134. The summed E-state index contributed by atoms with van der Waals surface area (Å²) in [7, 11) is 0. The molecule has 0 bridgehead atoms. The fourth-order valence-corrected chi connectivity index (χ4v) is 0.143. The van der Waals surface area contributed by atoms with Gasteiger partial charge >= 0.3 is 11.9 Å². The molecule has 0 aliphatic rings. The van der Waals surface area contributed by atoms with E-state index < -0.39 is 18.0 Å². The van der Waals surface area contributed by atoms with Gasteiger partial charge in [-0.05, 0) is 0 Å². The Morgan fingerprint density at radius 1 is 1.05 bits per heavy atom. The van der Waals surface area contributed by atoms with E-state index in [1.807, 2.05) is 0 Å². The highest BCUT2D eigenvalue weighted by molar-refractivity contribution is 7.81. The molecular weight excluding hydrogens is 320 g/mol. The van der Waals surface area contributed by atoms with Crippen molar-refractivity contribution in [3.63, 3.8) is 0 Å². The van der Waals surface area contributed by atoms with Crippen molar-refractivity contribution < 1.29 is 34.8 Å². The minimum Gasteiger partial charge on any atom is -0.481 e. The molecule has 0 heterocycles. The molecule has 0 amide bonds. The molecule has 7 nitrogen and oxygen atoms in total. The quantitative estimate of drug-likeness (QED) is 0.240. The van der Waals surface area contributed by atoms with Gasteiger partial charge in [-0.25, -0.2) is 0 Å². The number of rotatable bonds is 6. The van der Waals surface area contributed by atoms with Crippen molar-refractivity contribution in [2.45, 2.75) is 6.10 Å². The molecule has 124 valence electrons. The van der Waals surface area contributed by atoms with Crippen molar-refractivity contribution in [1.29, 1.82) is 0 Å². The third kappa shape index (κ3) is 69.4. The molecule has 4 N–H and O–H groups in total. The maximum absolute atomic E-state index is 9.29. The number of ether oxygens (including phenoxy) is 1. The van der Waals surface area contributed by atoms with Crippen LogP contribution in [-0.4, -0.2) is 56.6 Å². The summed E-state index contributed by atoms with van der Waals surface area (Å²) in [4.78, 5) is 18.6. The molecule has 0 radical (unpaired) electrons. The molecule has 0 aliphatic carbocycles. The maximum Gasteiger partial charge on any atom is 0.313 e. The van der Waals surface area contributed by atoms with Crippen molar-refractivity contribution in [3.8, 4) is 0 Å². The number of carboxylic acids is 2. The molecule has 0 aromatic heterocycles. The zero-order chi connectivity index (χ0) is 17.7. The largest absolute Gasteiger partial charge is 0.481 e. The minimum atomic E-state index is -0.881. The first-order valence-electron chi connectivity index (χ1n) is 5.21. The Kier molecular flexibility index (Phi) is 35.8. The smallest absolute Gasteiger partial charge is 0.313 e. The Morgan fingerprint density at radius 2 is 1.33 bits per heavy atom. The monoisotopic (exact) mass is 342 g/mol. The Bertz CT molecular complexity index is 263. The molecule has 21 heavy (non-hydrogen) atoms. The molecule has 1 unspecified atom stereocenters. The number of thiol groups is 2. The van der Waals surface area contributed by atoms with Crippen LogP contribution in [-0.2, 0) is 14.3 Å². The fraction of sp³-hybridized carbons (Fsp3) is 0.333. The van der Waals surface area contributed by atoms with Crippen LogP contribution in [0.3, 0.4) is 0 Å². The first-order valence-corrected chi connectivity index (χ1v) is 6.47. The predicted octanol–water partition coefficient (Wildman–Crippen LogP) is 0.817. The van der Waals surface area contributed by atoms with Crippen molar-refractivity contribution >= 4 is 37.2 Å². The van der Waals surface area contributed by atoms with E-state index in [1.54, 1.807) is 0 Å². The van der Waals surface area contributed by atoms with E-state index in [4.69, 9.17) is 20.4 Å². The maximum atomic E-state index is 9.29. The number of aliphatic hydroxyl groups excluding tert-OH is 2. The van der Waals surface area contributed by atoms with Crippen LogP contribution in [0.15, 0.2) is 38.3 Å². The molecule has 1 atom stereocenters. The number of carboxylic acid groups (broad SMARTS) is 2. The third-order valence-corrected chi connectivity index (χ3v) is 1.46. The van der Waals surface area contributed by atoms with Crippen LogP contribution in [0.2, 0.25) is 0 Å². The summed E-state index contributed by atoms with van der Waals surface area (Å²) in [5.41, 5.74) is 0. The van der Waals surface area contributed by atoms with Gasteiger partial charge in [0, 0.05) is 0 Å². The standard InChI is InChI=1S/C4H8O2.C4H6O.2C2H4O2S/c1-2-4(6)3-5;1-3-5-4-2;2*3-2(4)1-5/h2,4-6H,1,3H2;3-4H,1-2H2;2*5H,1H2,(H,3,4). The van der Waals surface area contributed by atoms with Crippen molar-refractivity contribution in [2.75, 3.05) is 18.1 Å². The molecule has 0 aromatic carbocycles. The van der Waals surface area contributed by atoms with Crippen molar-refractivity contribution in [3.05, 3.63) is 38.3 Å². The van der Waals surface area contributed by atoms with Gasteiger partial charge in [-0.1, -0.05) is 19.2 Å². The predicted molar refractivity (Wildman–Crippen MR) is 87.7 cm³/mol. The van der Waals surface area contributed by atoms with E-state index in [2.05, 4.69) is 49.7 Å². The highest BCUT2D eigenvalue weighted by Gasteiger charge is 1.87. The van der Waals surface area contributed by atoms with Crippen LogP contribution in [0.4, 0.5) is 0 Å². The van der Waals surface area contributed by atoms with Gasteiger partial charge in [0.2, 0.25) is 0 Å². The second-order valence-electron chi connectivity index (χ2n) is 2.56. The second-order valence-corrected chi connectivity index (χ2v) is 3.19. The Morgan fingerprint density at radius 3 is 1.33 bits per heavy atom. The van der Waals surface area contributed by atoms with Gasteiger partial charge in [0.1, 0.15) is 0 Å². The van der Waals surface area contributed by atoms with E-state index in [9.17, 15) is 9.59 Å². The summed E-state index contributed by atoms with van der Waals surface area (Å²) in [5.74, 6) is -1.93. The summed E-state index contributed by atoms with van der Waals surface area (Å²) in [6.07, 6.45) is 3.16. The summed E-state index contributed by atoms with van der Waals surface area (Å²) >= 11 is 6.83. The first kappa shape index (κ1) is 27.8. The second kappa shape index (κ2) is 27.0. The molecule has 0 aliphatic heterocycles. The van der Waals surface area contributed by atoms with Crippen LogP contribution in [0, 0.1) is 0 Å². The Hall–Kier alpha value is -1.42. The summed E-state index contributed by atoms with van der Waals surface area (Å²) in [6, 6.07) is 0. The topological polar surface area (TPSA) is 124 Å². The zero-order valence-corrected chi connectivity index (χ0v) is 13.2. The SMILES string of the molecule is C=CC(O)CO.C=COC=C.O=C(O)CS.O=C(O)CS. The zero-order valence-electron chi connectivity index (χ0n) is 11.5. The van der Waals surface area contributed by atoms with E-state index in [1.165, 1.54) is 18.6 Å².